The Hall–Kier alpha value is -3.14. The van der Waals surface area contributed by atoms with Gasteiger partial charge in [0.1, 0.15) is 17.4 Å². The zero-order valence-electron chi connectivity index (χ0n) is 18.8. The van der Waals surface area contributed by atoms with Crippen molar-refractivity contribution in [1.82, 2.24) is 8.94 Å². The first-order valence-electron chi connectivity index (χ1n) is 10.1. The molecule has 0 spiro atoms. The van der Waals surface area contributed by atoms with Gasteiger partial charge >= 0.3 is 0 Å². The molecule has 1 aromatic heterocycles. The van der Waals surface area contributed by atoms with E-state index < -0.39 is 9.84 Å². The fourth-order valence-corrected chi connectivity index (χ4v) is 5.59. The standard InChI is InChI=1S/C24H23N3O4S2.ClH/c1-17-4-14-22(15-5-17)33(28,29)16-27-23(18-6-10-20(30-2)11-7-18)26-24(32-27)25-19-8-12-21(31-3)13-9-19;/h4-15H,16H2,1-3H3;1H/p-1. The number of aryl methyl sites for hydroxylation is 1. The molecule has 0 aliphatic rings. The monoisotopic (exact) mass is 516 g/mol. The van der Waals surface area contributed by atoms with Crippen LogP contribution in [0.3, 0.4) is 0 Å². The summed E-state index contributed by atoms with van der Waals surface area (Å²) in [4.78, 5) is 9.94. The second-order valence-electron chi connectivity index (χ2n) is 7.28. The lowest BCUT2D eigenvalue weighted by molar-refractivity contribution is -0.00000979. The van der Waals surface area contributed by atoms with Crippen molar-refractivity contribution in [3.05, 3.63) is 83.2 Å². The highest BCUT2D eigenvalue weighted by Gasteiger charge is 2.19. The van der Waals surface area contributed by atoms with Crippen molar-refractivity contribution in [1.29, 1.82) is 0 Å². The summed E-state index contributed by atoms with van der Waals surface area (Å²) in [5.74, 6) is 1.71. The number of aromatic nitrogens is 2. The van der Waals surface area contributed by atoms with E-state index in [1.54, 1.807) is 42.4 Å². The summed E-state index contributed by atoms with van der Waals surface area (Å²) < 4.78 is 38.3. The maximum absolute atomic E-state index is 13.1. The second kappa shape index (κ2) is 10.9. The predicted molar refractivity (Wildman–Crippen MR) is 129 cm³/mol. The number of hydrogen-bond donors (Lipinski definition) is 0. The molecule has 0 bridgehead atoms. The Balaban J connectivity index is 0.00000324. The fraction of sp³-hybridized carbons (Fsp3) is 0.167. The summed E-state index contributed by atoms with van der Waals surface area (Å²) in [6.45, 7) is 1.92. The third-order valence-electron chi connectivity index (χ3n) is 4.94. The minimum Gasteiger partial charge on any atom is -1.00 e. The maximum atomic E-state index is 13.1. The second-order valence-corrected chi connectivity index (χ2v) is 10.2. The molecule has 0 unspecified atom stereocenters. The van der Waals surface area contributed by atoms with E-state index in [-0.39, 0.29) is 23.2 Å². The van der Waals surface area contributed by atoms with Gasteiger partial charge < -0.3 is 21.9 Å². The van der Waals surface area contributed by atoms with Crippen LogP contribution in [0.2, 0.25) is 0 Å². The fourth-order valence-electron chi connectivity index (χ4n) is 3.13. The van der Waals surface area contributed by atoms with Crippen molar-refractivity contribution in [3.8, 4) is 22.9 Å². The van der Waals surface area contributed by atoms with Gasteiger partial charge in [-0.3, -0.25) is 3.96 Å². The average Bonchev–Trinajstić information content (AvgIpc) is 3.21. The van der Waals surface area contributed by atoms with Crippen LogP contribution in [0.1, 0.15) is 5.56 Å². The number of ether oxygens (including phenoxy) is 2. The molecule has 0 N–H and O–H groups in total. The summed E-state index contributed by atoms with van der Waals surface area (Å²) >= 11 is 1.19. The lowest BCUT2D eigenvalue weighted by Crippen LogP contribution is -3.00. The van der Waals surface area contributed by atoms with Crippen molar-refractivity contribution in [3.63, 3.8) is 0 Å². The predicted octanol–water partition coefficient (Wildman–Crippen LogP) is 1.61. The van der Waals surface area contributed by atoms with Gasteiger partial charge in [-0.25, -0.2) is 13.4 Å². The summed E-state index contributed by atoms with van der Waals surface area (Å²) in [7, 11) is -0.394. The van der Waals surface area contributed by atoms with Crippen LogP contribution in [0.25, 0.3) is 11.4 Å². The van der Waals surface area contributed by atoms with Crippen LogP contribution in [0.5, 0.6) is 11.5 Å². The first kappa shape index (κ1) is 25.5. The van der Waals surface area contributed by atoms with Gasteiger partial charge in [0.2, 0.25) is 4.80 Å². The minimum absolute atomic E-state index is 0. The molecule has 3 aromatic carbocycles. The normalized spacial score (nSPS) is 11.7. The van der Waals surface area contributed by atoms with Crippen molar-refractivity contribution in [2.45, 2.75) is 17.7 Å². The van der Waals surface area contributed by atoms with Crippen LogP contribution < -0.4 is 26.7 Å². The molecule has 0 atom stereocenters. The van der Waals surface area contributed by atoms with Gasteiger partial charge in [-0.05, 0) is 79.1 Å². The molecule has 4 rings (SSSR count). The van der Waals surface area contributed by atoms with E-state index >= 15 is 0 Å². The largest absolute Gasteiger partial charge is 1.00 e. The molecule has 7 nitrogen and oxygen atoms in total. The topological polar surface area (TPSA) is 82.8 Å². The van der Waals surface area contributed by atoms with E-state index in [0.29, 0.717) is 22.1 Å². The Labute approximate surface area is 208 Å². The summed E-state index contributed by atoms with van der Waals surface area (Å²) in [5, 5.41) is 0. The molecule has 0 fully saturated rings. The van der Waals surface area contributed by atoms with Gasteiger partial charge in [-0.15, -0.1) is 0 Å². The zero-order valence-corrected chi connectivity index (χ0v) is 21.2. The minimum atomic E-state index is -3.59. The van der Waals surface area contributed by atoms with Gasteiger partial charge in [0.05, 0.1) is 24.8 Å². The van der Waals surface area contributed by atoms with E-state index in [4.69, 9.17) is 9.47 Å². The number of rotatable bonds is 7. The molecule has 10 heteroatoms. The Morgan fingerprint density at radius 1 is 0.882 bits per heavy atom. The van der Waals surface area contributed by atoms with E-state index in [1.807, 2.05) is 55.5 Å². The van der Waals surface area contributed by atoms with Crippen LogP contribution in [0, 0.1) is 6.92 Å². The zero-order chi connectivity index (χ0) is 23.4. The molecule has 0 radical (unpaired) electrons. The van der Waals surface area contributed by atoms with Crippen LogP contribution >= 0.6 is 11.5 Å². The summed E-state index contributed by atoms with van der Waals surface area (Å²) in [5.41, 5.74) is 2.46. The first-order chi connectivity index (χ1) is 15.9. The van der Waals surface area contributed by atoms with Crippen molar-refractivity contribution >= 4 is 27.1 Å². The SMILES string of the molecule is COc1ccc(N=c2nc(-c3ccc(OC)cc3)n(CS(=O)(=O)c3ccc(C)cc3)s2)cc1.[Cl-]. The summed E-state index contributed by atoms with van der Waals surface area (Å²) in [6, 6.07) is 21.4. The lowest BCUT2D eigenvalue weighted by atomic mass is 10.2. The van der Waals surface area contributed by atoms with Crippen molar-refractivity contribution in [2.75, 3.05) is 14.2 Å². The van der Waals surface area contributed by atoms with E-state index in [1.165, 1.54) is 11.5 Å². The van der Waals surface area contributed by atoms with E-state index in [0.717, 1.165) is 16.9 Å². The molecule has 0 saturated carbocycles. The molecule has 34 heavy (non-hydrogen) atoms. The Morgan fingerprint density at radius 3 is 2.00 bits per heavy atom. The third kappa shape index (κ3) is 5.85. The number of nitrogens with zero attached hydrogens (tertiary/aromatic N) is 3. The number of halogens is 1. The number of hydrogen-bond acceptors (Lipinski definition) is 7. The van der Waals surface area contributed by atoms with Crippen LogP contribution in [-0.4, -0.2) is 31.6 Å². The highest BCUT2D eigenvalue weighted by molar-refractivity contribution is 7.90. The third-order valence-corrected chi connectivity index (χ3v) is 7.56. The summed E-state index contributed by atoms with van der Waals surface area (Å²) in [6.07, 6.45) is 0. The molecular weight excluding hydrogens is 494 g/mol. The molecule has 0 aliphatic heterocycles. The highest BCUT2D eigenvalue weighted by Crippen LogP contribution is 2.24. The Morgan fingerprint density at radius 2 is 1.44 bits per heavy atom. The smallest absolute Gasteiger partial charge is 0.228 e. The van der Waals surface area contributed by atoms with Crippen LogP contribution in [0.4, 0.5) is 5.69 Å². The molecule has 0 amide bonds. The van der Waals surface area contributed by atoms with Gasteiger partial charge in [0.15, 0.2) is 15.7 Å². The van der Waals surface area contributed by atoms with Gasteiger partial charge in [0.25, 0.3) is 0 Å². The first-order valence-corrected chi connectivity index (χ1v) is 12.5. The molecular formula is C24H23ClN3O4S2-. The number of benzene rings is 3. The number of methoxy groups -OCH3 is 2. The molecule has 178 valence electrons. The van der Waals surface area contributed by atoms with Gasteiger partial charge in [-0.2, -0.15) is 4.98 Å². The van der Waals surface area contributed by atoms with Crippen molar-refractivity contribution in [2.24, 2.45) is 4.99 Å². The molecule has 0 saturated heterocycles. The molecule has 1 heterocycles. The molecule has 0 aliphatic carbocycles. The highest BCUT2D eigenvalue weighted by atomic mass is 35.5. The van der Waals surface area contributed by atoms with Gasteiger partial charge in [-0.1, -0.05) is 17.7 Å². The van der Waals surface area contributed by atoms with Crippen LogP contribution in [-0.2, 0) is 15.7 Å². The number of sulfone groups is 1. The lowest BCUT2D eigenvalue weighted by Gasteiger charge is -2.09. The van der Waals surface area contributed by atoms with E-state index in [9.17, 15) is 8.42 Å². The molecule has 4 aromatic rings. The van der Waals surface area contributed by atoms with Crippen molar-refractivity contribution < 1.29 is 30.3 Å². The Bertz CT molecular complexity index is 1410. The maximum Gasteiger partial charge on any atom is 0.228 e. The Kier molecular flexibility index (Phi) is 8.14. The quantitative estimate of drug-likeness (QED) is 0.373. The average molecular weight is 517 g/mol. The van der Waals surface area contributed by atoms with E-state index in [2.05, 4.69) is 9.98 Å². The van der Waals surface area contributed by atoms with Crippen LogP contribution in [0.15, 0.2) is 82.7 Å². The van der Waals surface area contributed by atoms with Gasteiger partial charge in [0, 0.05) is 5.56 Å².